The molecule has 0 spiro atoms. The molecule has 0 saturated carbocycles. The normalized spacial score (nSPS) is 12.0. The van der Waals surface area contributed by atoms with Gasteiger partial charge in [0.05, 0.1) is 17.0 Å². The van der Waals surface area contributed by atoms with Gasteiger partial charge in [0.25, 0.3) is 5.69 Å². The van der Waals surface area contributed by atoms with Gasteiger partial charge in [-0.3, -0.25) is 10.1 Å². The molecule has 2 rings (SSSR count). The number of anilines is 1. The van der Waals surface area contributed by atoms with Crippen LogP contribution in [-0.4, -0.2) is 40.7 Å². The van der Waals surface area contributed by atoms with Gasteiger partial charge in [-0.1, -0.05) is 0 Å². The molecule has 110 valence electrons. The number of hydrogen-bond acceptors (Lipinski definition) is 6. The molecule has 0 aliphatic heterocycles. The van der Waals surface area contributed by atoms with Crippen molar-refractivity contribution in [3.05, 3.63) is 40.4 Å². The Bertz CT molecular complexity index is 689. The summed E-state index contributed by atoms with van der Waals surface area (Å²) >= 11 is 0. The molecule has 21 heavy (non-hydrogen) atoms. The van der Waals surface area contributed by atoms with Crippen molar-refractivity contribution in [3.63, 3.8) is 0 Å². The lowest BCUT2D eigenvalue weighted by molar-refractivity contribution is -0.384. The largest absolute Gasteiger partial charge is 0.479 e. The second-order valence-corrected chi connectivity index (χ2v) is 4.27. The van der Waals surface area contributed by atoms with E-state index in [9.17, 15) is 14.9 Å². The number of nitro groups is 1. The lowest BCUT2D eigenvalue weighted by Gasteiger charge is -2.12. The average molecular weight is 291 g/mol. The van der Waals surface area contributed by atoms with Crippen LogP contribution in [0.5, 0.6) is 0 Å². The summed E-state index contributed by atoms with van der Waals surface area (Å²) in [6.07, 6.45) is -0.973. The van der Waals surface area contributed by atoms with E-state index < -0.39 is 17.0 Å². The van der Waals surface area contributed by atoms with Crippen molar-refractivity contribution in [1.29, 1.82) is 0 Å². The van der Waals surface area contributed by atoms with Crippen LogP contribution in [0.4, 0.5) is 11.5 Å². The zero-order valence-corrected chi connectivity index (χ0v) is 11.1. The maximum Gasteiger partial charge on any atom is 0.334 e. The summed E-state index contributed by atoms with van der Waals surface area (Å²) in [5.41, 5.74) is 0.574. The number of carboxylic acid groups (broad SMARTS) is 1. The van der Waals surface area contributed by atoms with Crippen LogP contribution in [0.2, 0.25) is 0 Å². The van der Waals surface area contributed by atoms with Gasteiger partial charge in [0.2, 0.25) is 0 Å². The van der Waals surface area contributed by atoms with Crippen LogP contribution in [0.1, 0.15) is 0 Å². The first-order valence-corrected chi connectivity index (χ1v) is 6.06. The predicted octanol–water partition coefficient (Wildman–Crippen LogP) is 1.65. The summed E-state index contributed by atoms with van der Waals surface area (Å²) in [6, 6.07) is 7.65. The Morgan fingerprint density at radius 2 is 2.24 bits per heavy atom. The first-order valence-electron chi connectivity index (χ1n) is 6.06. The summed E-state index contributed by atoms with van der Waals surface area (Å²) in [7, 11) is 1.31. The van der Waals surface area contributed by atoms with E-state index in [2.05, 4.69) is 10.3 Å². The zero-order chi connectivity index (χ0) is 15.4. The fourth-order valence-corrected chi connectivity index (χ4v) is 1.79. The van der Waals surface area contributed by atoms with Gasteiger partial charge in [0.15, 0.2) is 6.10 Å². The van der Waals surface area contributed by atoms with Gasteiger partial charge in [-0.05, 0) is 18.2 Å². The van der Waals surface area contributed by atoms with Crippen LogP contribution in [0, 0.1) is 10.1 Å². The molecule has 0 amide bonds. The van der Waals surface area contributed by atoms with Crippen molar-refractivity contribution in [3.8, 4) is 0 Å². The van der Waals surface area contributed by atoms with Crippen molar-refractivity contribution >= 4 is 28.4 Å². The third kappa shape index (κ3) is 3.42. The van der Waals surface area contributed by atoms with Crippen molar-refractivity contribution in [2.24, 2.45) is 0 Å². The molecule has 0 radical (unpaired) electrons. The molecule has 0 bridgehead atoms. The summed E-state index contributed by atoms with van der Waals surface area (Å²) in [5.74, 6) is -0.596. The minimum absolute atomic E-state index is 0.00432. The van der Waals surface area contributed by atoms with Crippen molar-refractivity contribution < 1.29 is 19.6 Å². The summed E-state index contributed by atoms with van der Waals surface area (Å²) in [4.78, 5) is 25.3. The number of methoxy groups -OCH3 is 1. The molecule has 1 aromatic heterocycles. The van der Waals surface area contributed by atoms with Gasteiger partial charge in [-0.15, -0.1) is 0 Å². The number of carbonyl (C=O) groups is 1. The number of nitrogens with zero attached hydrogens (tertiary/aromatic N) is 2. The van der Waals surface area contributed by atoms with Crippen molar-refractivity contribution in [2.45, 2.75) is 6.10 Å². The molecule has 0 saturated heterocycles. The number of hydrogen-bond donors (Lipinski definition) is 2. The van der Waals surface area contributed by atoms with Gasteiger partial charge < -0.3 is 15.2 Å². The minimum atomic E-state index is -1.07. The number of ether oxygens (including phenoxy) is 1. The Labute approximate surface area is 119 Å². The van der Waals surface area contributed by atoms with E-state index in [1.165, 1.54) is 19.2 Å². The van der Waals surface area contributed by atoms with E-state index in [0.717, 1.165) is 0 Å². The molecular formula is C13H13N3O5. The smallest absolute Gasteiger partial charge is 0.334 e. The number of carboxylic acids is 1. The summed E-state index contributed by atoms with van der Waals surface area (Å²) in [5, 5.41) is 23.0. The molecule has 1 atom stereocenters. The monoisotopic (exact) mass is 291 g/mol. The van der Waals surface area contributed by atoms with Crippen LogP contribution >= 0.6 is 0 Å². The molecule has 0 aliphatic rings. The van der Waals surface area contributed by atoms with Crippen LogP contribution in [0.3, 0.4) is 0 Å². The highest BCUT2D eigenvalue weighted by molar-refractivity contribution is 5.82. The summed E-state index contributed by atoms with van der Waals surface area (Å²) in [6.45, 7) is 0.0668. The molecule has 8 heteroatoms. The van der Waals surface area contributed by atoms with Gasteiger partial charge >= 0.3 is 5.97 Å². The average Bonchev–Trinajstić information content (AvgIpc) is 2.46. The highest BCUT2D eigenvalue weighted by Gasteiger charge is 2.16. The van der Waals surface area contributed by atoms with Gasteiger partial charge in [-0.25, -0.2) is 9.78 Å². The first-order chi connectivity index (χ1) is 10.0. The van der Waals surface area contributed by atoms with E-state index in [1.807, 2.05) is 0 Å². The Morgan fingerprint density at radius 3 is 2.86 bits per heavy atom. The van der Waals surface area contributed by atoms with E-state index in [1.54, 1.807) is 18.2 Å². The highest BCUT2D eigenvalue weighted by atomic mass is 16.6. The molecule has 1 unspecified atom stereocenters. The lowest BCUT2D eigenvalue weighted by Crippen LogP contribution is -2.30. The number of nitro benzene ring substituents is 1. The van der Waals surface area contributed by atoms with Crippen LogP contribution < -0.4 is 5.32 Å². The second kappa shape index (κ2) is 6.14. The van der Waals surface area contributed by atoms with Crippen molar-refractivity contribution in [2.75, 3.05) is 19.0 Å². The molecule has 2 N–H and O–H groups in total. The van der Waals surface area contributed by atoms with Gasteiger partial charge in [0.1, 0.15) is 5.82 Å². The molecule has 0 fully saturated rings. The van der Waals surface area contributed by atoms with E-state index in [0.29, 0.717) is 16.7 Å². The van der Waals surface area contributed by atoms with Crippen LogP contribution in [0.25, 0.3) is 10.9 Å². The number of aromatic nitrogens is 1. The number of rotatable bonds is 6. The first kappa shape index (κ1) is 14.7. The SMILES string of the molecule is COC(CNc1ccc2cc([N+](=O)[O-])ccc2n1)C(=O)O. The molecule has 2 aromatic rings. The predicted molar refractivity (Wildman–Crippen MR) is 75.3 cm³/mol. The van der Waals surface area contributed by atoms with Gasteiger partial charge in [0, 0.05) is 24.6 Å². The number of benzene rings is 1. The summed E-state index contributed by atoms with van der Waals surface area (Å²) < 4.78 is 4.80. The van der Waals surface area contributed by atoms with Crippen LogP contribution in [0.15, 0.2) is 30.3 Å². The standard InChI is InChI=1S/C13H13N3O5/c1-21-11(13(17)18)7-14-12-5-2-8-6-9(16(19)20)3-4-10(8)15-12/h2-6,11H,7H2,1H3,(H,14,15)(H,17,18). The van der Waals surface area contributed by atoms with E-state index >= 15 is 0 Å². The van der Waals surface area contributed by atoms with Crippen LogP contribution in [-0.2, 0) is 9.53 Å². The maximum atomic E-state index is 10.8. The Hall–Kier alpha value is -2.74. The molecular weight excluding hydrogens is 278 g/mol. The Morgan fingerprint density at radius 1 is 1.48 bits per heavy atom. The number of pyridine rings is 1. The third-order valence-electron chi connectivity index (χ3n) is 2.91. The van der Waals surface area contributed by atoms with Crippen molar-refractivity contribution in [1.82, 2.24) is 4.98 Å². The van der Waals surface area contributed by atoms with Gasteiger partial charge in [-0.2, -0.15) is 0 Å². The number of non-ortho nitro benzene ring substituents is 1. The number of fused-ring (bicyclic) bond motifs is 1. The quantitative estimate of drug-likeness (QED) is 0.614. The van der Waals surface area contributed by atoms with E-state index in [-0.39, 0.29) is 12.2 Å². The number of nitrogens with one attached hydrogen (secondary N) is 1. The fraction of sp³-hybridized carbons (Fsp3) is 0.231. The zero-order valence-electron chi connectivity index (χ0n) is 11.1. The Balaban J connectivity index is 2.17. The molecule has 0 aliphatic carbocycles. The maximum absolute atomic E-state index is 10.8. The fourth-order valence-electron chi connectivity index (χ4n) is 1.79. The number of aliphatic carboxylic acids is 1. The van der Waals surface area contributed by atoms with E-state index in [4.69, 9.17) is 9.84 Å². The molecule has 1 aromatic carbocycles. The lowest BCUT2D eigenvalue weighted by atomic mass is 10.2. The minimum Gasteiger partial charge on any atom is -0.479 e. The third-order valence-corrected chi connectivity index (χ3v) is 2.91. The topological polar surface area (TPSA) is 115 Å². The highest BCUT2D eigenvalue weighted by Crippen LogP contribution is 2.21. The molecule has 1 heterocycles. The Kier molecular flexibility index (Phi) is 4.29. The second-order valence-electron chi connectivity index (χ2n) is 4.27. The molecule has 8 nitrogen and oxygen atoms in total.